The highest BCUT2D eigenvalue weighted by Gasteiger charge is 2.40. The van der Waals surface area contributed by atoms with Crippen molar-refractivity contribution < 1.29 is 23.8 Å². The molecule has 0 spiro atoms. The molecule has 0 radical (unpaired) electrons. The van der Waals surface area contributed by atoms with Gasteiger partial charge in [0.25, 0.3) is 5.91 Å². The fourth-order valence-electron chi connectivity index (χ4n) is 5.59. The molecule has 0 bridgehead atoms. The van der Waals surface area contributed by atoms with Gasteiger partial charge in [0.05, 0.1) is 23.1 Å². The molecule has 44 heavy (non-hydrogen) atoms. The van der Waals surface area contributed by atoms with Crippen molar-refractivity contribution >= 4 is 35.0 Å². The van der Waals surface area contributed by atoms with E-state index in [0.717, 1.165) is 41.8 Å². The Balaban J connectivity index is 1.17. The second-order valence-electron chi connectivity index (χ2n) is 11.4. The van der Waals surface area contributed by atoms with Crippen molar-refractivity contribution in [2.24, 2.45) is 5.92 Å². The van der Waals surface area contributed by atoms with Crippen molar-refractivity contribution in [2.75, 3.05) is 33.4 Å². The number of hydrogen-bond donors (Lipinski definition) is 2. The van der Waals surface area contributed by atoms with E-state index >= 15 is 0 Å². The normalized spacial score (nSPS) is 17.9. The zero-order valence-corrected chi connectivity index (χ0v) is 26.8. The van der Waals surface area contributed by atoms with Crippen LogP contribution in [-0.4, -0.2) is 62.2 Å². The Morgan fingerprint density at radius 1 is 0.977 bits per heavy atom. The Morgan fingerprint density at radius 3 is 2.36 bits per heavy atom. The molecule has 8 nitrogen and oxygen atoms in total. The molecule has 3 aromatic carbocycles. The van der Waals surface area contributed by atoms with Crippen LogP contribution in [0.3, 0.4) is 0 Å². The van der Waals surface area contributed by atoms with Crippen LogP contribution >= 0.6 is 23.2 Å². The molecule has 2 N–H and O–H groups in total. The number of halogens is 2. The van der Waals surface area contributed by atoms with E-state index in [-0.39, 0.29) is 43.0 Å². The smallest absolute Gasteiger partial charge is 0.251 e. The van der Waals surface area contributed by atoms with Crippen LogP contribution in [0.5, 0.6) is 17.2 Å². The lowest BCUT2D eigenvalue weighted by Crippen LogP contribution is -2.55. The van der Waals surface area contributed by atoms with E-state index in [1.807, 2.05) is 30.9 Å². The SMILES string of the molecule is COc1cccc(CN(C(=O)C2CNCCC2NC(=O)c2ccc(OCCOc3c(Cl)cc(C)cc3Cl)cc2)C2CC2)c1C. The molecule has 5 rings (SSSR count). The minimum atomic E-state index is -0.350. The zero-order valence-electron chi connectivity index (χ0n) is 25.3. The minimum Gasteiger partial charge on any atom is -0.496 e. The molecule has 2 atom stereocenters. The van der Waals surface area contributed by atoms with E-state index in [2.05, 4.69) is 16.7 Å². The van der Waals surface area contributed by atoms with Gasteiger partial charge in [0.2, 0.25) is 5.91 Å². The summed E-state index contributed by atoms with van der Waals surface area (Å²) in [6.07, 6.45) is 2.68. The predicted molar refractivity (Wildman–Crippen MR) is 172 cm³/mol. The van der Waals surface area contributed by atoms with Crippen molar-refractivity contribution in [3.63, 3.8) is 0 Å². The Kier molecular flexibility index (Phi) is 10.6. The number of piperidine rings is 1. The van der Waals surface area contributed by atoms with Crippen molar-refractivity contribution in [1.29, 1.82) is 0 Å². The molecule has 1 saturated heterocycles. The lowest BCUT2D eigenvalue weighted by atomic mass is 9.91. The topological polar surface area (TPSA) is 89.1 Å². The van der Waals surface area contributed by atoms with E-state index < -0.39 is 0 Å². The van der Waals surface area contributed by atoms with E-state index in [0.29, 0.717) is 46.6 Å². The average molecular weight is 641 g/mol. The van der Waals surface area contributed by atoms with E-state index in [4.69, 9.17) is 37.4 Å². The summed E-state index contributed by atoms with van der Waals surface area (Å²) in [6, 6.07) is 16.4. The first kappa shape index (κ1) is 31.9. The van der Waals surface area contributed by atoms with Gasteiger partial charge in [-0.25, -0.2) is 0 Å². The molecule has 1 aliphatic carbocycles. The lowest BCUT2D eigenvalue weighted by molar-refractivity contribution is -0.138. The molecule has 1 saturated carbocycles. The first-order valence-electron chi connectivity index (χ1n) is 15.0. The third-order valence-corrected chi connectivity index (χ3v) is 8.76. The van der Waals surface area contributed by atoms with Crippen molar-refractivity contribution in [3.05, 3.63) is 86.9 Å². The van der Waals surface area contributed by atoms with Crippen LogP contribution in [0.15, 0.2) is 54.6 Å². The molecule has 2 amide bonds. The van der Waals surface area contributed by atoms with Gasteiger partial charge in [0.1, 0.15) is 24.7 Å². The maximum absolute atomic E-state index is 14.0. The highest BCUT2D eigenvalue weighted by molar-refractivity contribution is 6.37. The molecule has 3 aromatic rings. The largest absolute Gasteiger partial charge is 0.496 e. The van der Waals surface area contributed by atoms with Gasteiger partial charge in [-0.05, 0) is 98.8 Å². The van der Waals surface area contributed by atoms with Gasteiger partial charge >= 0.3 is 0 Å². The number of aryl methyl sites for hydroxylation is 1. The number of benzene rings is 3. The van der Waals surface area contributed by atoms with Crippen molar-refractivity contribution in [1.82, 2.24) is 15.5 Å². The Morgan fingerprint density at radius 2 is 1.68 bits per heavy atom. The summed E-state index contributed by atoms with van der Waals surface area (Å²) < 4.78 is 17.0. The molecule has 0 aromatic heterocycles. The standard InChI is InChI=1S/C34H39Cl2N3O5/c1-21-17-28(35)32(29(36)18-21)44-16-15-43-26-11-7-23(8-12-26)33(40)38-30-13-14-37-19-27(30)34(41)39(25-9-10-25)20-24-5-4-6-31(42-3)22(24)2/h4-8,11-12,17-18,25,27,30,37H,9-10,13-16,19-20H2,1-3H3,(H,38,40). The lowest BCUT2D eigenvalue weighted by Gasteiger charge is -2.36. The number of ether oxygens (including phenoxy) is 3. The molecule has 1 heterocycles. The summed E-state index contributed by atoms with van der Waals surface area (Å²) in [5.41, 5.74) is 3.57. The van der Waals surface area contributed by atoms with Crippen LogP contribution in [-0.2, 0) is 11.3 Å². The summed E-state index contributed by atoms with van der Waals surface area (Å²) >= 11 is 12.5. The van der Waals surface area contributed by atoms with Crippen LogP contribution in [0.2, 0.25) is 10.0 Å². The van der Waals surface area contributed by atoms with E-state index in [1.54, 1.807) is 43.5 Å². The van der Waals surface area contributed by atoms with E-state index in [9.17, 15) is 9.59 Å². The van der Waals surface area contributed by atoms with E-state index in [1.165, 1.54) is 0 Å². The molecule has 1 aliphatic heterocycles. The summed E-state index contributed by atoms with van der Waals surface area (Å²) in [5.74, 6) is 1.37. The first-order chi connectivity index (χ1) is 21.2. The summed E-state index contributed by atoms with van der Waals surface area (Å²) in [5, 5.41) is 7.41. The van der Waals surface area contributed by atoms with Crippen molar-refractivity contribution in [3.8, 4) is 17.2 Å². The second kappa shape index (κ2) is 14.5. The van der Waals surface area contributed by atoms with Crippen LogP contribution in [0.25, 0.3) is 0 Å². The predicted octanol–water partition coefficient (Wildman–Crippen LogP) is 5.98. The maximum Gasteiger partial charge on any atom is 0.251 e. The van der Waals surface area contributed by atoms with Crippen LogP contribution in [0, 0.1) is 19.8 Å². The third-order valence-electron chi connectivity index (χ3n) is 8.20. The number of carbonyl (C=O) groups is 2. The zero-order chi connectivity index (χ0) is 31.2. The fourth-order valence-corrected chi connectivity index (χ4v) is 6.30. The Bertz CT molecular complexity index is 1460. The summed E-state index contributed by atoms with van der Waals surface area (Å²) in [4.78, 5) is 29.2. The number of hydrogen-bond acceptors (Lipinski definition) is 6. The number of carbonyl (C=O) groups excluding carboxylic acids is 2. The molecule has 2 fully saturated rings. The number of amides is 2. The van der Waals surface area contributed by atoms with Gasteiger partial charge in [0, 0.05) is 30.7 Å². The minimum absolute atomic E-state index is 0.0754. The van der Waals surface area contributed by atoms with Gasteiger partial charge in [0.15, 0.2) is 5.75 Å². The van der Waals surface area contributed by atoms with Gasteiger partial charge < -0.3 is 29.7 Å². The number of rotatable bonds is 12. The quantitative estimate of drug-likeness (QED) is 0.237. The Labute approximate surface area is 269 Å². The molecular formula is C34H39Cl2N3O5. The summed E-state index contributed by atoms with van der Waals surface area (Å²) in [7, 11) is 1.66. The van der Waals surface area contributed by atoms with Crippen LogP contribution in [0.1, 0.15) is 46.3 Å². The van der Waals surface area contributed by atoms with Crippen LogP contribution in [0.4, 0.5) is 0 Å². The maximum atomic E-state index is 14.0. The summed E-state index contributed by atoms with van der Waals surface area (Å²) in [6.45, 7) is 6.26. The van der Waals surface area contributed by atoms with Crippen molar-refractivity contribution in [2.45, 2.75) is 51.7 Å². The number of nitrogens with one attached hydrogen (secondary N) is 2. The molecule has 10 heteroatoms. The Hall–Kier alpha value is -3.46. The molecule has 2 unspecified atom stereocenters. The number of nitrogens with zero attached hydrogens (tertiary/aromatic N) is 1. The molecular weight excluding hydrogens is 601 g/mol. The average Bonchev–Trinajstić information content (AvgIpc) is 3.85. The van der Waals surface area contributed by atoms with Gasteiger partial charge in [-0.15, -0.1) is 0 Å². The molecule has 2 aliphatic rings. The van der Waals surface area contributed by atoms with Gasteiger partial charge in [-0.3, -0.25) is 9.59 Å². The third kappa shape index (κ3) is 7.78. The number of methoxy groups -OCH3 is 1. The van der Waals surface area contributed by atoms with Gasteiger partial charge in [-0.1, -0.05) is 35.3 Å². The highest BCUT2D eigenvalue weighted by atomic mass is 35.5. The molecule has 234 valence electrons. The fraction of sp³-hybridized carbons (Fsp3) is 0.412. The first-order valence-corrected chi connectivity index (χ1v) is 15.8. The monoisotopic (exact) mass is 639 g/mol. The second-order valence-corrected chi connectivity index (χ2v) is 12.2. The van der Waals surface area contributed by atoms with Gasteiger partial charge in [-0.2, -0.15) is 0 Å². The highest BCUT2D eigenvalue weighted by Crippen LogP contribution is 2.34. The van der Waals surface area contributed by atoms with Crippen LogP contribution < -0.4 is 24.8 Å².